The number of nitrogens with zero attached hydrogens (tertiary/aromatic N) is 1. The summed E-state index contributed by atoms with van der Waals surface area (Å²) in [6.45, 7) is 7.15. The number of hydrogen-bond acceptors (Lipinski definition) is 5. The number of nitrogens with one attached hydrogen (secondary N) is 2. The van der Waals surface area contributed by atoms with Crippen molar-refractivity contribution >= 4 is 11.9 Å². The molecule has 0 unspecified atom stereocenters. The Labute approximate surface area is 194 Å². The van der Waals surface area contributed by atoms with Crippen molar-refractivity contribution in [3.8, 4) is 17.2 Å². The first-order chi connectivity index (χ1) is 15.7. The highest BCUT2D eigenvalue weighted by Crippen LogP contribution is 2.38. The summed E-state index contributed by atoms with van der Waals surface area (Å²) in [5.41, 5.74) is 1.48. The van der Waals surface area contributed by atoms with Crippen LogP contribution in [-0.4, -0.2) is 49.4 Å². The van der Waals surface area contributed by atoms with Gasteiger partial charge in [0.2, 0.25) is 12.7 Å². The SMILES string of the molecule is COc1ccccc1[C@@H]1CN(C(=O)NC(C)(C)C)C[C@@H]1C(=O)NCc1ccc2c(c1)OCO2. The lowest BCUT2D eigenvalue weighted by molar-refractivity contribution is -0.125. The van der Waals surface area contributed by atoms with Crippen molar-refractivity contribution in [1.29, 1.82) is 0 Å². The Morgan fingerprint density at radius 1 is 1.09 bits per heavy atom. The van der Waals surface area contributed by atoms with Crippen LogP contribution in [0.5, 0.6) is 17.2 Å². The molecule has 8 heteroatoms. The van der Waals surface area contributed by atoms with Gasteiger partial charge in [-0.3, -0.25) is 4.79 Å². The lowest BCUT2D eigenvalue weighted by atomic mass is 9.87. The highest BCUT2D eigenvalue weighted by molar-refractivity contribution is 5.83. The van der Waals surface area contributed by atoms with Crippen LogP contribution in [0, 0.1) is 5.92 Å². The second-order valence-corrected chi connectivity index (χ2v) is 9.45. The maximum Gasteiger partial charge on any atom is 0.317 e. The molecule has 4 rings (SSSR count). The molecule has 8 nitrogen and oxygen atoms in total. The number of benzene rings is 2. The van der Waals surface area contributed by atoms with Crippen molar-refractivity contribution < 1.29 is 23.8 Å². The second-order valence-electron chi connectivity index (χ2n) is 9.45. The van der Waals surface area contributed by atoms with E-state index < -0.39 is 5.92 Å². The molecule has 2 aromatic rings. The van der Waals surface area contributed by atoms with E-state index >= 15 is 0 Å². The number of carbonyl (C=O) groups is 2. The van der Waals surface area contributed by atoms with Crippen LogP contribution in [0.4, 0.5) is 4.79 Å². The Kier molecular flexibility index (Phi) is 6.35. The molecule has 0 saturated carbocycles. The van der Waals surface area contributed by atoms with Crippen LogP contribution >= 0.6 is 0 Å². The number of ether oxygens (including phenoxy) is 3. The monoisotopic (exact) mass is 453 g/mol. The minimum absolute atomic E-state index is 0.102. The molecular formula is C25H31N3O5. The molecular weight excluding hydrogens is 422 g/mol. The summed E-state index contributed by atoms with van der Waals surface area (Å²) in [6, 6.07) is 13.1. The number of fused-ring (bicyclic) bond motifs is 1. The van der Waals surface area contributed by atoms with E-state index in [0.717, 1.165) is 11.1 Å². The predicted molar refractivity (Wildman–Crippen MR) is 123 cm³/mol. The molecule has 0 spiro atoms. The zero-order valence-electron chi connectivity index (χ0n) is 19.5. The van der Waals surface area contributed by atoms with Crippen LogP contribution in [0.3, 0.4) is 0 Å². The molecule has 1 fully saturated rings. The first-order valence-corrected chi connectivity index (χ1v) is 11.1. The third-order valence-corrected chi connectivity index (χ3v) is 5.87. The zero-order valence-corrected chi connectivity index (χ0v) is 19.5. The quantitative estimate of drug-likeness (QED) is 0.726. The average molecular weight is 454 g/mol. The summed E-state index contributed by atoms with van der Waals surface area (Å²) in [6.07, 6.45) is 0. The fourth-order valence-electron chi connectivity index (χ4n) is 4.29. The van der Waals surface area contributed by atoms with Gasteiger partial charge in [-0.15, -0.1) is 0 Å². The Morgan fingerprint density at radius 3 is 2.61 bits per heavy atom. The Morgan fingerprint density at radius 2 is 1.85 bits per heavy atom. The van der Waals surface area contributed by atoms with Gasteiger partial charge < -0.3 is 29.7 Å². The van der Waals surface area contributed by atoms with Gasteiger partial charge >= 0.3 is 6.03 Å². The van der Waals surface area contributed by atoms with Gasteiger partial charge in [-0.25, -0.2) is 4.79 Å². The van der Waals surface area contributed by atoms with Crippen LogP contribution in [0.1, 0.15) is 37.8 Å². The van der Waals surface area contributed by atoms with Gasteiger partial charge in [-0.05, 0) is 50.1 Å². The summed E-state index contributed by atoms with van der Waals surface area (Å²) in [4.78, 5) is 27.9. The Bertz CT molecular complexity index is 1030. The van der Waals surface area contributed by atoms with Crippen LogP contribution in [0.15, 0.2) is 42.5 Å². The van der Waals surface area contributed by atoms with Gasteiger partial charge in [-0.2, -0.15) is 0 Å². The van der Waals surface area contributed by atoms with E-state index in [4.69, 9.17) is 14.2 Å². The number of rotatable bonds is 5. The molecule has 0 bridgehead atoms. The van der Waals surface area contributed by atoms with Gasteiger partial charge in [0.25, 0.3) is 0 Å². The van der Waals surface area contributed by atoms with Crippen LogP contribution < -0.4 is 24.8 Å². The van der Waals surface area contributed by atoms with E-state index in [2.05, 4.69) is 10.6 Å². The number of carbonyl (C=O) groups excluding carboxylic acids is 2. The second kappa shape index (κ2) is 9.21. The average Bonchev–Trinajstić information content (AvgIpc) is 3.43. The maximum absolute atomic E-state index is 13.3. The lowest BCUT2D eigenvalue weighted by Gasteiger charge is -2.25. The van der Waals surface area contributed by atoms with Gasteiger partial charge in [0, 0.05) is 31.1 Å². The smallest absolute Gasteiger partial charge is 0.317 e. The predicted octanol–water partition coefficient (Wildman–Crippen LogP) is 3.26. The Balaban J connectivity index is 1.52. The number of para-hydroxylation sites is 1. The third-order valence-electron chi connectivity index (χ3n) is 5.87. The van der Waals surface area contributed by atoms with E-state index in [1.54, 1.807) is 12.0 Å². The summed E-state index contributed by atoms with van der Waals surface area (Å²) in [5.74, 6) is 1.42. The fourth-order valence-corrected chi connectivity index (χ4v) is 4.29. The highest BCUT2D eigenvalue weighted by atomic mass is 16.7. The van der Waals surface area contributed by atoms with Crippen LogP contribution in [0.2, 0.25) is 0 Å². The van der Waals surface area contributed by atoms with Gasteiger partial charge in [0.05, 0.1) is 13.0 Å². The summed E-state index contributed by atoms with van der Waals surface area (Å²) in [7, 11) is 1.62. The minimum atomic E-state index is -0.402. The van der Waals surface area contributed by atoms with Crippen LogP contribution in [0.25, 0.3) is 0 Å². The summed E-state index contributed by atoms with van der Waals surface area (Å²) < 4.78 is 16.3. The number of hydrogen-bond donors (Lipinski definition) is 2. The lowest BCUT2D eigenvalue weighted by Crippen LogP contribution is -2.48. The number of likely N-dealkylation sites (tertiary alicyclic amines) is 1. The van der Waals surface area contributed by atoms with E-state index in [-0.39, 0.29) is 30.2 Å². The molecule has 0 radical (unpaired) electrons. The van der Waals surface area contributed by atoms with Crippen molar-refractivity contribution in [2.45, 2.75) is 38.8 Å². The molecule has 1 saturated heterocycles. The molecule has 2 aromatic carbocycles. The first-order valence-electron chi connectivity index (χ1n) is 11.1. The number of urea groups is 1. The summed E-state index contributed by atoms with van der Waals surface area (Å²) >= 11 is 0. The molecule has 3 amide bonds. The fraction of sp³-hybridized carbons (Fsp3) is 0.440. The van der Waals surface area contributed by atoms with Crippen molar-refractivity contribution in [3.05, 3.63) is 53.6 Å². The standard InChI is InChI=1S/C25H31N3O5/c1-25(2,3)27-24(30)28-13-18(17-7-5-6-8-20(17)31-4)19(14-28)23(29)26-12-16-9-10-21-22(11-16)33-15-32-21/h5-11,18-19H,12-15H2,1-4H3,(H,26,29)(H,27,30)/t18-,19-/m0/s1. The van der Waals surface area contributed by atoms with E-state index in [9.17, 15) is 9.59 Å². The van der Waals surface area contributed by atoms with E-state index in [1.165, 1.54) is 0 Å². The summed E-state index contributed by atoms with van der Waals surface area (Å²) in [5, 5.41) is 6.04. The Hall–Kier alpha value is -3.42. The van der Waals surface area contributed by atoms with E-state index in [0.29, 0.717) is 36.9 Å². The third kappa shape index (κ3) is 5.16. The number of amides is 3. The molecule has 33 heavy (non-hydrogen) atoms. The largest absolute Gasteiger partial charge is 0.496 e. The van der Waals surface area contributed by atoms with Gasteiger partial charge in [0.15, 0.2) is 11.5 Å². The molecule has 2 atom stereocenters. The van der Waals surface area contributed by atoms with Crippen molar-refractivity contribution in [1.82, 2.24) is 15.5 Å². The van der Waals surface area contributed by atoms with Gasteiger partial charge in [0.1, 0.15) is 5.75 Å². The molecule has 2 aliphatic heterocycles. The van der Waals surface area contributed by atoms with Gasteiger partial charge in [-0.1, -0.05) is 24.3 Å². The van der Waals surface area contributed by atoms with Crippen LogP contribution in [-0.2, 0) is 11.3 Å². The first kappa shape index (κ1) is 22.8. The minimum Gasteiger partial charge on any atom is -0.496 e. The normalized spacial score (nSPS) is 19.3. The molecule has 0 aliphatic carbocycles. The van der Waals surface area contributed by atoms with Crippen molar-refractivity contribution in [3.63, 3.8) is 0 Å². The molecule has 2 aliphatic rings. The molecule has 2 heterocycles. The zero-order chi connectivity index (χ0) is 23.6. The van der Waals surface area contributed by atoms with Crippen molar-refractivity contribution in [2.24, 2.45) is 5.92 Å². The topological polar surface area (TPSA) is 89.1 Å². The molecule has 0 aromatic heterocycles. The maximum atomic E-state index is 13.3. The van der Waals surface area contributed by atoms with Crippen molar-refractivity contribution in [2.75, 3.05) is 27.0 Å². The number of methoxy groups -OCH3 is 1. The highest BCUT2D eigenvalue weighted by Gasteiger charge is 2.42. The van der Waals surface area contributed by atoms with E-state index in [1.807, 2.05) is 63.2 Å². The molecule has 2 N–H and O–H groups in total. The molecule has 176 valence electrons.